The molecule has 18 heavy (non-hydrogen) atoms. The number of ether oxygens (including phenoxy) is 2. The van der Waals surface area contributed by atoms with Crippen molar-refractivity contribution in [3.05, 3.63) is 0 Å². The normalized spacial score (nSPS) is 36.3. The second-order valence-corrected chi connectivity index (χ2v) is 5.18. The minimum absolute atomic E-state index is 0.143. The maximum atomic E-state index is 9.23. The monoisotopic (exact) mass is 260 g/mol. The Hall–Kier alpha value is -0.160. The lowest BCUT2D eigenvalue weighted by atomic mass is 10.1. The highest BCUT2D eigenvalue weighted by molar-refractivity contribution is 4.88. The van der Waals surface area contributed by atoms with Gasteiger partial charge in [-0.1, -0.05) is 27.2 Å². The summed E-state index contributed by atoms with van der Waals surface area (Å²) in [6, 6.07) is 0. The molecule has 2 N–H and O–H groups in total. The lowest BCUT2D eigenvalue weighted by Crippen LogP contribution is -2.15. The fourth-order valence-electron chi connectivity index (χ4n) is 2.12. The molecule has 2 heterocycles. The third-order valence-corrected chi connectivity index (χ3v) is 3.54. The van der Waals surface area contributed by atoms with Gasteiger partial charge < -0.3 is 19.7 Å². The van der Waals surface area contributed by atoms with Gasteiger partial charge in [-0.05, 0) is 26.2 Å². The van der Waals surface area contributed by atoms with Gasteiger partial charge in [-0.3, -0.25) is 0 Å². The van der Waals surface area contributed by atoms with Crippen LogP contribution in [0, 0.1) is 0 Å². The molecule has 2 saturated heterocycles. The minimum atomic E-state index is -0.227. The number of hydrogen-bond donors (Lipinski definition) is 2. The SMILES string of the molecule is CCC(O)C1OC1CC.CCCC(O)C1OC1C. The fourth-order valence-corrected chi connectivity index (χ4v) is 2.12. The number of aliphatic hydroxyl groups excluding tert-OH is 2. The van der Waals surface area contributed by atoms with E-state index in [4.69, 9.17) is 9.47 Å². The lowest BCUT2D eigenvalue weighted by molar-refractivity contribution is 0.126. The highest BCUT2D eigenvalue weighted by Gasteiger charge is 2.41. The summed E-state index contributed by atoms with van der Waals surface area (Å²) in [5, 5.41) is 18.4. The number of rotatable bonds is 6. The summed E-state index contributed by atoms with van der Waals surface area (Å²) in [7, 11) is 0. The van der Waals surface area contributed by atoms with Crippen molar-refractivity contribution in [1.82, 2.24) is 0 Å². The van der Waals surface area contributed by atoms with E-state index in [-0.39, 0.29) is 24.4 Å². The van der Waals surface area contributed by atoms with Gasteiger partial charge in [-0.2, -0.15) is 0 Å². The summed E-state index contributed by atoms with van der Waals surface area (Å²) in [5.41, 5.74) is 0. The van der Waals surface area contributed by atoms with E-state index in [1.54, 1.807) is 0 Å². The van der Waals surface area contributed by atoms with Gasteiger partial charge in [0.25, 0.3) is 0 Å². The van der Waals surface area contributed by atoms with Gasteiger partial charge >= 0.3 is 0 Å². The molecular weight excluding hydrogens is 232 g/mol. The lowest BCUT2D eigenvalue weighted by Gasteiger charge is -2.02. The van der Waals surface area contributed by atoms with Gasteiger partial charge in [0, 0.05) is 0 Å². The molecule has 6 atom stereocenters. The zero-order chi connectivity index (χ0) is 13.7. The second kappa shape index (κ2) is 7.43. The Labute approximate surface area is 110 Å². The van der Waals surface area contributed by atoms with Crippen LogP contribution in [0.15, 0.2) is 0 Å². The maximum Gasteiger partial charge on any atom is 0.110 e. The van der Waals surface area contributed by atoms with E-state index in [1.165, 1.54) is 0 Å². The molecule has 0 amide bonds. The average Bonchev–Trinajstić information content (AvgIpc) is 3.24. The van der Waals surface area contributed by atoms with Crippen LogP contribution >= 0.6 is 0 Å². The molecular formula is C14H28O4. The Balaban J connectivity index is 0.000000180. The first-order valence-electron chi connectivity index (χ1n) is 7.22. The van der Waals surface area contributed by atoms with Crippen LogP contribution in [0.3, 0.4) is 0 Å². The number of hydrogen-bond acceptors (Lipinski definition) is 4. The van der Waals surface area contributed by atoms with Crippen LogP contribution in [0.5, 0.6) is 0 Å². The summed E-state index contributed by atoms with van der Waals surface area (Å²) in [5.74, 6) is 0. The standard InChI is InChI=1S/2C7H14O2/c1-3-4-6(8)7-5(2)9-7;1-3-5(8)7-6(4-2)9-7/h2*5-8H,3-4H2,1-2H3. The molecule has 0 aliphatic carbocycles. The van der Waals surface area contributed by atoms with Crippen LogP contribution in [0.1, 0.15) is 53.4 Å². The summed E-state index contributed by atoms with van der Waals surface area (Å²) in [4.78, 5) is 0. The predicted octanol–water partition coefficient (Wildman–Crippen LogP) is 1.87. The Morgan fingerprint density at radius 1 is 1.00 bits per heavy atom. The van der Waals surface area contributed by atoms with Crippen LogP contribution in [-0.2, 0) is 9.47 Å². The van der Waals surface area contributed by atoms with E-state index >= 15 is 0 Å². The van der Waals surface area contributed by atoms with Crippen LogP contribution < -0.4 is 0 Å². The smallest absolute Gasteiger partial charge is 0.110 e. The minimum Gasteiger partial charge on any atom is -0.390 e. The third kappa shape index (κ3) is 4.84. The van der Waals surface area contributed by atoms with Gasteiger partial charge in [-0.15, -0.1) is 0 Å². The first kappa shape index (κ1) is 15.9. The highest BCUT2D eigenvalue weighted by atomic mass is 16.6. The molecule has 2 rings (SSSR count). The van der Waals surface area contributed by atoms with E-state index in [0.29, 0.717) is 12.2 Å². The molecule has 2 aliphatic rings. The van der Waals surface area contributed by atoms with E-state index in [1.807, 2.05) is 13.8 Å². The highest BCUT2D eigenvalue weighted by Crippen LogP contribution is 2.29. The summed E-state index contributed by atoms with van der Waals surface area (Å²) < 4.78 is 10.2. The molecule has 2 aliphatic heterocycles. The fraction of sp³-hybridized carbons (Fsp3) is 1.00. The van der Waals surface area contributed by atoms with Crippen molar-refractivity contribution in [2.45, 2.75) is 90.0 Å². The Morgan fingerprint density at radius 2 is 1.61 bits per heavy atom. The largest absolute Gasteiger partial charge is 0.390 e. The first-order chi connectivity index (χ1) is 8.54. The maximum absolute atomic E-state index is 9.23. The Morgan fingerprint density at radius 3 is 1.94 bits per heavy atom. The zero-order valence-electron chi connectivity index (χ0n) is 12.0. The van der Waals surface area contributed by atoms with Crippen LogP contribution in [0.2, 0.25) is 0 Å². The van der Waals surface area contributed by atoms with Crippen LogP contribution in [0.25, 0.3) is 0 Å². The van der Waals surface area contributed by atoms with E-state index in [0.717, 1.165) is 25.7 Å². The molecule has 4 heteroatoms. The van der Waals surface area contributed by atoms with Crippen molar-refractivity contribution in [3.8, 4) is 0 Å². The quantitative estimate of drug-likeness (QED) is 0.716. The van der Waals surface area contributed by atoms with E-state index in [2.05, 4.69) is 13.8 Å². The Kier molecular flexibility index (Phi) is 6.57. The topological polar surface area (TPSA) is 65.5 Å². The molecule has 0 aromatic heterocycles. The Bertz CT molecular complexity index is 232. The zero-order valence-corrected chi connectivity index (χ0v) is 12.0. The van der Waals surface area contributed by atoms with Crippen LogP contribution in [0.4, 0.5) is 0 Å². The van der Waals surface area contributed by atoms with Crippen molar-refractivity contribution < 1.29 is 19.7 Å². The summed E-state index contributed by atoms with van der Waals surface area (Å²) in [6.45, 7) is 8.10. The second-order valence-electron chi connectivity index (χ2n) is 5.18. The van der Waals surface area contributed by atoms with Gasteiger partial charge in [0.2, 0.25) is 0 Å². The van der Waals surface area contributed by atoms with Crippen LogP contribution in [-0.4, -0.2) is 46.8 Å². The summed E-state index contributed by atoms with van der Waals surface area (Å²) in [6.07, 6.45) is 4.24. The predicted molar refractivity (Wildman–Crippen MR) is 70.5 cm³/mol. The molecule has 0 aromatic rings. The van der Waals surface area contributed by atoms with Gasteiger partial charge in [0.1, 0.15) is 12.2 Å². The molecule has 6 unspecified atom stereocenters. The van der Waals surface area contributed by atoms with Gasteiger partial charge in [0.05, 0.1) is 24.4 Å². The van der Waals surface area contributed by atoms with Crippen molar-refractivity contribution in [3.63, 3.8) is 0 Å². The van der Waals surface area contributed by atoms with Crippen molar-refractivity contribution in [2.75, 3.05) is 0 Å². The van der Waals surface area contributed by atoms with Crippen molar-refractivity contribution >= 4 is 0 Å². The molecule has 4 nitrogen and oxygen atoms in total. The van der Waals surface area contributed by atoms with Gasteiger partial charge in [0.15, 0.2) is 0 Å². The molecule has 0 saturated carbocycles. The molecule has 2 fully saturated rings. The number of epoxide rings is 2. The first-order valence-corrected chi connectivity index (χ1v) is 7.22. The third-order valence-electron chi connectivity index (χ3n) is 3.54. The van der Waals surface area contributed by atoms with E-state index < -0.39 is 0 Å². The molecule has 108 valence electrons. The summed E-state index contributed by atoms with van der Waals surface area (Å²) >= 11 is 0. The number of aliphatic hydroxyl groups is 2. The van der Waals surface area contributed by atoms with E-state index in [9.17, 15) is 10.2 Å². The van der Waals surface area contributed by atoms with Crippen molar-refractivity contribution in [2.24, 2.45) is 0 Å². The molecule has 0 bridgehead atoms. The average molecular weight is 260 g/mol. The van der Waals surface area contributed by atoms with Gasteiger partial charge in [-0.25, -0.2) is 0 Å². The van der Waals surface area contributed by atoms with Crippen molar-refractivity contribution in [1.29, 1.82) is 0 Å². The molecule has 0 aromatic carbocycles. The molecule has 0 spiro atoms. The molecule has 0 radical (unpaired) electrons.